The number of aryl methyl sites for hydroxylation is 2. The molecule has 0 radical (unpaired) electrons. The average molecular weight is 389 g/mol. The van der Waals surface area contributed by atoms with Crippen LogP contribution in [0.3, 0.4) is 0 Å². The zero-order valence-electron chi connectivity index (χ0n) is 17.9. The van der Waals surface area contributed by atoms with E-state index in [4.69, 9.17) is 4.74 Å². The molecule has 0 aliphatic heterocycles. The van der Waals surface area contributed by atoms with Crippen molar-refractivity contribution < 1.29 is 9.53 Å². The van der Waals surface area contributed by atoms with E-state index in [1.807, 2.05) is 12.1 Å². The van der Waals surface area contributed by atoms with E-state index < -0.39 is 0 Å². The first-order valence-corrected chi connectivity index (χ1v) is 10.7. The molecule has 3 rings (SSSR count). The van der Waals surface area contributed by atoms with Crippen LogP contribution >= 0.6 is 0 Å². The highest BCUT2D eigenvalue weighted by atomic mass is 16.5. The molecule has 2 nitrogen and oxygen atoms in total. The molecule has 1 unspecified atom stereocenters. The van der Waals surface area contributed by atoms with Crippen molar-refractivity contribution in [3.8, 4) is 5.75 Å². The fraction of sp³-hybridized carbons (Fsp3) is 0.370. The van der Waals surface area contributed by atoms with Crippen LogP contribution in [0, 0.1) is 12.8 Å². The minimum absolute atomic E-state index is 0.330. The van der Waals surface area contributed by atoms with Gasteiger partial charge in [0.2, 0.25) is 0 Å². The molecule has 2 aromatic rings. The predicted molar refractivity (Wildman–Crippen MR) is 120 cm³/mol. The molecule has 2 heteroatoms. The number of carbonyl (C=O) groups is 1. The fourth-order valence-corrected chi connectivity index (χ4v) is 4.11. The van der Waals surface area contributed by atoms with Gasteiger partial charge in [0, 0.05) is 18.8 Å². The van der Waals surface area contributed by atoms with E-state index in [1.165, 1.54) is 22.3 Å². The van der Waals surface area contributed by atoms with Crippen molar-refractivity contribution in [3.05, 3.63) is 88.5 Å². The summed E-state index contributed by atoms with van der Waals surface area (Å²) < 4.78 is 5.24. The summed E-state index contributed by atoms with van der Waals surface area (Å²) >= 11 is 0. The maximum atomic E-state index is 12.4. The maximum absolute atomic E-state index is 12.4. The van der Waals surface area contributed by atoms with Gasteiger partial charge in [-0.3, -0.25) is 4.79 Å². The molecular weight excluding hydrogens is 356 g/mol. The van der Waals surface area contributed by atoms with Gasteiger partial charge in [0.05, 0.1) is 7.11 Å². The molecule has 1 atom stereocenters. The zero-order chi connectivity index (χ0) is 20.6. The third-order valence-corrected chi connectivity index (χ3v) is 5.89. The van der Waals surface area contributed by atoms with E-state index in [2.05, 4.69) is 62.4 Å². The summed E-state index contributed by atoms with van der Waals surface area (Å²) in [5.74, 6) is 1.73. The summed E-state index contributed by atoms with van der Waals surface area (Å²) in [5.41, 5.74) is 6.62. The summed E-state index contributed by atoms with van der Waals surface area (Å²) in [6, 6.07) is 16.6. The Hall–Kier alpha value is -2.61. The first kappa shape index (κ1) is 21.1. The topological polar surface area (TPSA) is 26.3 Å². The summed E-state index contributed by atoms with van der Waals surface area (Å²) in [6.07, 6.45) is 9.83. The van der Waals surface area contributed by atoms with E-state index in [-0.39, 0.29) is 0 Å². The molecule has 0 fully saturated rings. The van der Waals surface area contributed by atoms with Crippen LogP contribution in [0.15, 0.2) is 71.8 Å². The lowest BCUT2D eigenvalue weighted by Gasteiger charge is -2.18. The Bertz CT molecular complexity index is 870. The minimum atomic E-state index is 0.330. The normalized spacial score (nSPS) is 15.8. The number of hydrogen-bond acceptors (Lipinski definition) is 2. The Balaban J connectivity index is 1.47. The number of methoxy groups -OCH3 is 1. The molecule has 0 saturated heterocycles. The lowest BCUT2D eigenvalue weighted by molar-refractivity contribution is -0.118. The van der Waals surface area contributed by atoms with Crippen molar-refractivity contribution in [2.45, 2.75) is 52.4 Å². The first-order valence-electron chi connectivity index (χ1n) is 10.7. The van der Waals surface area contributed by atoms with Gasteiger partial charge in [-0.25, -0.2) is 0 Å². The summed E-state index contributed by atoms with van der Waals surface area (Å²) in [6.45, 7) is 4.32. The Kier molecular flexibility index (Phi) is 7.46. The van der Waals surface area contributed by atoms with Crippen molar-refractivity contribution in [2.24, 2.45) is 5.92 Å². The minimum Gasteiger partial charge on any atom is -0.497 e. The van der Waals surface area contributed by atoms with Crippen LogP contribution in [-0.4, -0.2) is 12.9 Å². The second-order valence-corrected chi connectivity index (χ2v) is 7.99. The molecular formula is C27H32O2. The van der Waals surface area contributed by atoms with E-state index in [0.717, 1.165) is 37.0 Å². The van der Waals surface area contributed by atoms with Crippen molar-refractivity contribution in [1.82, 2.24) is 0 Å². The third kappa shape index (κ3) is 5.93. The quantitative estimate of drug-likeness (QED) is 0.469. The highest BCUT2D eigenvalue weighted by molar-refractivity contribution is 5.81. The molecule has 0 saturated carbocycles. The number of hydrogen-bond donors (Lipinski definition) is 0. The van der Waals surface area contributed by atoms with Crippen molar-refractivity contribution in [3.63, 3.8) is 0 Å². The summed E-state index contributed by atoms with van der Waals surface area (Å²) in [7, 11) is 1.70. The van der Waals surface area contributed by atoms with Crippen LogP contribution in [0.4, 0.5) is 0 Å². The molecule has 1 aliphatic carbocycles. The summed E-state index contributed by atoms with van der Waals surface area (Å²) in [5, 5.41) is 0. The van der Waals surface area contributed by atoms with Crippen LogP contribution in [0.5, 0.6) is 5.75 Å². The molecule has 1 aliphatic rings. The van der Waals surface area contributed by atoms with Gasteiger partial charge in [0.15, 0.2) is 0 Å². The Labute approximate surface area is 175 Å². The highest BCUT2D eigenvalue weighted by Gasteiger charge is 2.21. The standard InChI is InChI=1S/C27H32O2/c1-4-27-23(12-9-21-10-17-26(29-3)18-11-21)13-14-24(27)15-16-25(28)19-22-7-5-20(2)6-8-22/h5-8,10-11,13-14,17-18,27H,4,9,12,15-16,19H2,1-3H3. The number of carbonyl (C=O) groups excluding carboxylic acids is 1. The fourth-order valence-electron chi connectivity index (χ4n) is 4.11. The lowest BCUT2D eigenvalue weighted by atomic mass is 9.87. The molecule has 2 aromatic carbocycles. The van der Waals surface area contributed by atoms with Gasteiger partial charge in [-0.15, -0.1) is 0 Å². The Morgan fingerprint density at radius 1 is 0.862 bits per heavy atom. The largest absolute Gasteiger partial charge is 0.497 e. The second kappa shape index (κ2) is 10.2. The molecule has 29 heavy (non-hydrogen) atoms. The van der Waals surface area contributed by atoms with Crippen molar-refractivity contribution >= 4 is 5.78 Å². The maximum Gasteiger partial charge on any atom is 0.137 e. The molecule has 0 aromatic heterocycles. The summed E-state index contributed by atoms with van der Waals surface area (Å²) in [4.78, 5) is 12.4. The second-order valence-electron chi connectivity index (χ2n) is 7.99. The van der Waals surface area contributed by atoms with Crippen LogP contribution in [-0.2, 0) is 17.6 Å². The number of benzene rings is 2. The third-order valence-electron chi connectivity index (χ3n) is 5.89. The van der Waals surface area contributed by atoms with Gasteiger partial charge in [0.1, 0.15) is 11.5 Å². The van der Waals surface area contributed by atoms with Gasteiger partial charge >= 0.3 is 0 Å². The number of Topliss-reactive ketones (excluding diaryl/α,β-unsaturated/α-hetero) is 1. The van der Waals surface area contributed by atoms with Gasteiger partial charge in [-0.1, -0.05) is 72.2 Å². The van der Waals surface area contributed by atoms with E-state index >= 15 is 0 Å². The van der Waals surface area contributed by atoms with E-state index in [1.54, 1.807) is 7.11 Å². The number of ketones is 1. The first-order chi connectivity index (χ1) is 14.1. The molecule has 0 spiro atoms. The number of ether oxygens (including phenoxy) is 1. The van der Waals surface area contributed by atoms with Crippen molar-refractivity contribution in [2.75, 3.05) is 7.11 Å². The van der Waals surface area contributed by atoms with Crippen molar-refractivity contribution in [1.29, 1.82) is 0 Å². The number of allylic oxidation sites excluding steroid dienone is 4. The van der Waals surface area contributed by atoms with Crippen LogP contribution in [0.25, 0.3) is 0 Å². The Morgan fingerprint density at radius 2 is 1.48 bits per heavy atom. The average Bonchev–Trinajstić information content (AvgIpc) is 3.14. The molecule has 0 amide bonds. The smallest absolute Gasteiger partial charge is 0.137 e. The van der Waals surface area contributed by atoms with Crippen LogP contribution in [0.2, 0.25) is 0 Å². The number of rotatable bonds is 10. The molecule has 0 N–H and O–H groups in total. The highest BCUT2D eigenvalue weighted by Crippen LogP contribution is 2.35. The van der Waals surface area contributed by atoms with Gasteiger partial charge in [-0.2, -0.15) is 0 Å². The molecule has 0 heterocycles. The SMILES string of the molecule is CCC1C(CCC(=O)Cc2ccc(C)cc2)=CC=C1CCc1ccc(OC)cc1. The van der Waals surface area contributed by atoms with E-state index in [9.17, 15) is 4.79 Å². The monoisotopic (exact) mass is 388 g/mol. The van der Waals surface area contributed by atoms with Gasteiger partial charge in [0.25, 0.3) is 0 Å². The lowest BCUT2D eigenvalue weighted by Crippen LogP contribution is -2.08. The van der Waals surface area contributed by atoms with Crippen LogP contribution < -0.4 is 4.74 Å². The Morgan fingerprint density at radius 3 is 2.10 bits per heavy atom. The van der Waals surface area contributed by atoms with Crippen LogP contribution in [0.1, 0.15) is 49.3 Å². The predicted octanol–water partition coefficient (Wildman–Crippen LogP) is 6.42. The molecule has 0 bridgehead atoms. The molecule has 152 valence electrons. The zero-order valence-corrected chi connectivity index (χ0v) is 17.9. The van der Waals surface area contributed by atoms with Gasteiger partial charge in [-0.05, 0) is 55.9 Å². The van der Waals surface area contributed by atoms with E-state index in [0.29, 0.717) is 24.5 Å². The van der Waals surface area contributed by atoms with Gasteiger partial charge < -0.3 is 4.74 Å².